The van der Waals surface area contributed by atoms with E-state index in [4.69, 9.17) is 4.98 Å². The van der Waals surface area contributed by atoms with Crippen molar-refractivity contribution < 1.29 is 89.6 Å². The van der Waals surface area contributed by atoms with Crippen LogP contribution in [0.2, 0.25) is 0 Å². The molecule has 0 saturated heterocycles. The fourth-order valence-corrected chi connectivity index (χ4v) is 6.96. The van der Waals surface area contributed by atoms with Crippen LogP contribution in [0.5, 0.6) is 11.5 Å². The molecule has 12 nitrogen and oxygen atoms in total. The Kier molecular flexibility index (Phi) is 14.6. The summed E-state index contributed by atoms with van der Waals surface area (Å²) in [6, 6.07) is 38.0. The normalized spacial score (nSPS) is 13.6. The zero-order valence-electron chi connectivity index (χ0n) is 36.7. The molecule has 27 heteroatoms. The Morgan fingerprint density at radius 1 is 0.405 bits per heavy atom. The van der Waals surface area contributed by atoms with E-state index in [1.807, 2.05) is 97.1 Å². The van der Waals surface area contributed by atoms with Gasteiger partial charge in [0.05, 0.1) is 56.0 Å². The molecule has 0 fully saturated rings. The number of pyridine rings is 6. The smallest absolute Gasteiger partial charge is 0.201 e. The first-order valence-corrected chi connectivity index (χ1v) is 24.5. The van der Waals surface area contributed by atoms with Crippen molar-refractivity contribution in [3.05, 3.63) is 187 Å². The van der Waals surface area contributed by atoms with Crippen molar-refractivity contribution in [3.63, 3.8) is 0 Å². The molecule has 0 bridgehead atoms. The molecular weight excluding hydrogens is 1130 g/mol. The van der Waals surface area contributed by atoms with Crippen LogP contribution in [0.25, 0.3) is 67.0 Å². The van der Waals surface area contributed by atoms with Gasteiger partial charge in [0.1, 0.15) is 17.3 Å². The molecule has 10 aromatic rings. The van der Waals surface area contributed by atoms with Gasteiger partial charge in [0, 0.05) is 84.1 Å². The van der Waals surface area contributed by atoms with E-state index in [9.17, 15) is 70.2 Å². The zero-order valence-corrected chi connectivity index (χ0v) is 40.2. The van der Waals surface area contributed by atoms with Crippen LogP contribution in [0, 0.1) is 0 Å². The number of aromatic hydroxyl groups is 2. The summed E-state index contributed by atoms with van der Waals surface area (Å²) in [5, 5.41) is 22.6. The van der Waals surface area contributed by atoms with Gasteiger partial charge in [-0.1, -0.05) is 36.4 Å². The van der Waals surface area contributed by atoms with Crippen molar-refractivity contribution in [2.24, 2.45) is 0 Å². The first kappa shape index (κ1) is 55.4. The summed E-state index contributed by atoms with van der Waals surface area (Å²) in [5.41, 5.74) is 6.90. The summed E-state index contributed by atoms with van der Waals surface area (Å²) in [6.07, 6.45) is 10.5. The standard InChI is InChI=1S/C27H14N4O4.2C10H8N2.2F6P.Ru/c32-17-7-1-4-13-19(17)26(35)20-16(25(13)34)10-12(11-18(20)33)27-30-23-14-5-2-8-28-21(14)22-15(24(23)31-27)6-3-9-29-22;2*1-3-7-11-9(5-1)10-6-2-4-8-12-10;2*1-7(2,3,4,5)6;/h1-11,32-33H,(H,30,31);2*1-8H;;;/q;;;2*-1;. The predicted octanol–water partition coefficient (Wildman–Crippen LogP) is 15.6. The third kappa shape index (κ3) is 15.6. The number of carbonyl (C=O) groups is 2. The van der Waals surface area contributed by atoms with E-state index < -0.39 is 27.2 Å². The van der Waals surface area contributed by atoms with Gasteiger partial charge in [-0.2, -0.15) is 0 Å². The number of H-pyrrole nitrogens is 1. The van der Waals surface area contributed by atoms with Crippen molar-refractivity contribution >= 4 is 60.0 Å². The largest absolute Gasteiger partial charge is 0.507 e. The average Bonchev–Trinajstić information content (AvgIpc) is 3.79. The fraction of sp³-hybridized carbons (Fsp3) is 0. The van der Waals surface area contributed by atoms with Crippen LogP contribution in [0.4, 0.5) is 50.4 Å². The summed E-state index contributed by atoms with van der Waals surface area (Å²) < 4.78 is 118. The van der Waals surface area contributed by atoms with Gasteiger partial charge in [0.15, 0.2) is 5.78 Å². The number of nitrogens with one attached hydrogen (secondary N) is 1. The maximum absolute atomic E-state index is 13.2. The summed E-state index contributed by atoms with van der Waals surface area (Å²) in [6.45, 7) is 0. The molecule has 1 aliphatic rings. The fourth-order valence-electron chi connectivity index (χ4n) is 6.96. The number of rotatable bonds is 3. The van der Waals surface area contributed by atoms with Crippen LogP contribution < -0.4 is 0 Å². The number of carbonyl (C=O) groups excluding carboxylic acids is 2. The number of imidazole rings is 1. The number of hydrogen-bond acceptors (Lipinski definition) is 11. The second-order valence-corrected chi connectivity index (χ2v) is 19.0. The number of aromatic amines is 1. The van der Waals surface area contributed by atoms with E-state index in [1.165, 1.54) is 24.3 Å². The average molecular weight is 1160 g/mol. The molecule has 11 rings (SSSR count). The number of ketones is 2. The van der Waals surface area contributed by atoms with Gasteiger partial charge in [-0.15, -0.1) is 0 Å². The Balaban J connectivity index is 0.000000186. The monoisotopic (exact) mass is 1160 g/mol. The quantitative estimate of drug-likeness (QED) is 0.0663. The summed E-state index contributed by atoms with van der Waals surface area (Å²) >= 11 is 0. The molecule has 0 unspecified atom stereocenters. The van der Waals surface area contributed by atoms with Gasteiger partial charge in [-0.25, -0.2) is 4.98 Å². The third-order valence-corrected chi connectivity index (χ3v) is 9.63. The first-order chi connectivity index (χ1) is 33.9. The maximum atomic E-state index is 13.2. The molecule has 0 aliphatic heterocycles. The van der Waals surface area contributed by atoms with Crippen molar-refractivity contribution in [2.75, 3.05) is 0 Å². The van der Waals surface area contributed by atoms with Crippen LogP contribution in [-0.2, 0) is 19.5 Å². The van der Waals surface area contributed by atoms with Gasteiger partial charge in [-0.05, 0) is 91.0 Å². The number of nitrogens with zero attached hydrogens (tertiary/aromatic N) is 7. The molecule has 0 spiro atoms. The Labute approximate surface area is 420 Å². The zero-order chi connectivity index (χ0) is 53.1. The molecule has 74 heavy (non-hydrogen) atoms. The third-order valence-electron chi connectivity index (χ3n) is 9.63. The molecule has 7 aromatic heterocycles. The molecule has 0 radical (unpaired) electrons. The van der Waals surface area contributed by atoms with E-state index in [2.05, 4.69) is 34.9 Å². The van der Waals surface area contributed by atoms with E-state index in [0.717, 1.165) is 50.1 Å². The minimum absolute atomic E-state index is 0. The van der Waals surface area contributed by atoms with Crippen molar-refractivity contribution in [3.8, 4) is 45.7 Å². The van der Waals surface area contributed by atoms with Gasteiger partial charge >= 0.3 is 66.0 Å². The molecule has 3 aromatic carbocycles. The van der Waals surface area contributed by atoms with E-state index in [0.29, 0.717) is 16.9 Å². The molecule has 0 amide bonds. The Hall–Kier alpha value is -7.87. The van der Waals surface area contributed by atoms with Crippen LogP contribution in [-0.4, -0.2) is 61.7 Å². The van der Waals surface area contributed by atoms with Crippen LogP contribution in [0.1, 0.15) is 31.8 Å². The summed E-state index contributed by atoms with van der Waals surface area (Å²) in [7, 11) is -21.3. The second kappa shape index (κ2) is 19.5. The first-order valence-electron chi connectivity index (χ1n) is 20.4. The number of fused-ring (bicyclic) bond motifs is 8. The molecular formula is C47H30F12N8O4P2Ru-2. The van der Waals surface area contributed by atoms with Crippen molar-refractivity contribution in [2.45, 2.75) is 0 Å². The molecule has 0 atom stereocenters. The number of phenols is 2. The van der Waals surface area contributed by atoms with E-state index in [-0.39, 0.29) is 53.2 Å². The van der Waals surface area contributed by atoms with Crippen molar-refractivity contribution in [1.29, 1.82) is 0 Å². The minimum atomic E-state index is -10.7. The topological polar surface area (TPSA) is 181 Å². The number of hydrogen-bond donors (Lipinski definition) is 3. The molecule has 1 aliphatic carbocycles. The predicted molar refractivity (Wildman–Crippen MR) is 251 cm³/mol. The molecule has 3 N–H and O–H groups in total. The van der Waals surface area contributed by atoms with Gasteiger partial charge in [0.25, 0.3) is 0 Å². The van der Waals surface area contributed by atoms with Crippen LogP contribution >= 0.6 is 15.6 Å². The van der Waals surface area contributed by atoms with Crippen LogP contribution in [0.3, 0.4) is 0 Å². The number of phenolic OH excluding ortho intramolecular Hbond substituents is 2. The molecule has 0 saturated carbocycles. The minimum Gasteiger partial charge on any atom is -0.507 e. The maximum Gasteiger partial charge on any atom is 0.201 e. The van der Waals surface area contributed by atoms with Gasteiger partial charge in [-0.3, -0.25) is 39.5 Å². The Bertz CT molecular complexity index is 3420. The molecule has 386 valence electrons. The van der Waals surface area contributed by atoms with Gasteiger partial charge < -0.3 is 15.2 Å². The SMILES string of the molecule is F[P-](F)(F)(F)(F)F.F[P-](F)(F)(F)(F)F.O=C1c2cccc(O)c2C(=O)c2c(O)cc(-c3nc4c5cccnc5c5ncccc5c4[nH]3)cc21.[Ru].c1ccc(-c2ccccn2)nc1.c1ccc(-c2ccccn2)nc1. The summed E-state index contributed by atoms with van der Waals surface area (Å²) in [4.78, 5) is 60.2. The molecule has 7 heterocycles. The van der Waals surface area contributed by atoms with Gasteiger partial charge in [0.2, 0.25) is 5.78 Å². The van der Waals surface area contributed by atoms with Crippen molar-refractivity contribution in [1.82, 2.24) is 39.9 Å². The van der Waals surface area contributed by atoms with E-state index >= 15 is 0 Å². The number of aromatic nitrogens is 8. The second-order valence-electron chi connectivity index (χ2n) is 15.2. The number of halogens is 12. The Morgan fingerprint density at radius 2 is 0.811 bits per heavy atom. The van der Waals surface area contributed by atoms with E-state index in [1.54, 1.807) is 43.2 Å². The van der Waals surface area contributed by atoms with Crippen LogP contribution in [0.15, 0.2) is 165 Å². The Morgan fingerprint density at radius 3 is 1.24 bits per heavy atom. The summed E-state index contributed by atoms with van der Waals surface area (Å²) in [5.74, 6) is -1.29. The number of benzene rings is 3.